The number of aryl methyl sites for hydroxylation is 1. The van der Waals surface area contributed by atoms with E-state index in [0.29, 0.717) is 15.9 Å². The van der Waals surface area contributed by atoms with E-state index in [-0.39, 0.29) is 5.56 Å². The van der Waals surface area contributed by atoms with Crippen molar-refractivity contribution in [1.82, 2.24) is 9.55 Å². The number of aromatic amines is 1. The van der Waals surface area contributed by atoms with Crippen molar-refractivity contribution in [2.75, 3.05) is 0 Å². The first-order valence-electron chi connectivity index (χ1n) is 5.57. The van der Waals surface area contributed by atoms with E-state index in [1.54, 1.807) is 18.2 Å². The van der Waals surface area contributed by atoms with Crippen molar-refractivity contribution in [2.45, 2.75) is 6.92 Å². The summed E-state index contributed by atoms with van der Waals surface area (Å²) < 4.78 is 1.98. The molecule has 0 saturated carbocycles. The maximum absolute atomic E-state index is 12.5. The molecule has 2 heterocycles. The van der Waals surface area contributed by atoms with E-state index in [2.05, 4.69) is 20.9 Å². The van der Waals surface area contributed by atoms with Crippen LogP contribution in [-0.2, 0) is 0 Å². The molecule has 0 saturated heterocycles. The van der Waals surface area contributed by atoms with Gasteiger partial charge < -0.3 is 0 Å². The van der Waals surface area contributed by atoms with Crippen molar-refractivity contribution in [3.63, 3.8) is 0 Å². The third-order valence-corrected chi connectivity index (χ3v) is 4.39. The fraction of sp³-hybridized carbons (Fsp3) is 0.0769. The Balaban J connectivity index is 2.45. The average Bonchev–Trinajstić information content (AvgIpc) is 2.71. The lowest BCUT2D eigenvalue weighted by Crippen LogP contribution is -2.33. The fourth-order valence-electron chi connectivity index (χ4n) is 2.01. The monoisotopic (exact) mass is 336 g/mol. The van der Waals surface area contributed by atoms with Crippen LogP contribution in [0.4, 0.5) is 0 Å². The van der Waals surface area contributed by atoms with Crippen LogP contribution in [0.3, 0.4) is 0 Å². The first-order valence-corrected chi connectivity index (χ1v) is 7.24. The minimum Gasteiger partial charge on any atom is -0.298 e. The third kappa shape index (κ3) is 1.97. The van der Waals surface area contributed by atoms with Gasteiger partial charge in [0, 0.05) is 4.47 Å². The number of rotatable bonds is 1. The second kappa shape index (κ2) is 4.47. The summed E-state index contributed by atoms with van der Waals surface area (Å²) in [6, 6.07) is 7.10. The summed E-state index contributed by atoms with van der Waals surface area (Å²) in [6.45, 7) is 1.86. The second-order valence-corrected chi connectivity index (χ2v) is 5.97. The molecule has 96 valence electrons. The van der Waals surface area contributed by atoms with Gasteiger partial charge in [-0.15, -0.1) is 11.3 Å². The van der Waals surface area contributed by atoms with Crippen molar-refractivity contribution in [2.24, 2.45) is 0 Å². The van der Waals surface area contributed by atoms with E-state index >= 15 is 0 Å². The average molecular weight is 337 g/mol. The van der Waals surface area contributed by atoms with Gasteiger partial charge in [0.1, 0.15) is 4.83 Å². The molecule has 0 aliphatic carbocycles. The molecule has 0 aliphatic rings. The number of nitrogens with zero attached hydrogens (tertiary/aromatic N) is 1. The van der Waals surface area contributed by atoms with Crippen LogP contribution in [-0.4, -0.2) is 9.55 Å². The molecule has 3 aromatic rings. The Hall–Kier alpha value is -1.66. The van der Waals surface area contributed by atoms with Crippen LogP contribution in [0, 0.1) is 6.92 Å². The zero-order valence-corrected chi connectivity index (χ0v) is 12.3. The smallest absolute Gasteiger partial charge is 0.298 e. The fourth-order valence-corrected chi connectivity index (χ4v) is 3.32. The van der Waals surface area contributed by atoms with Gasteiger partial charge >= 0.3 is 5.69 Å². The predicted octanol–water partition coefficient (Wildman–Crippen LogP) is 2.81. The Bertz CT molecular complexity index is 892. The van der Waals surface area contributed by atoms with Gasteiger partial charge in [0.25, 0.3) is 5.56 Å². The van der Waals surface area contributed by atoms with Gasteiger partial charge in [0.2, 0.25) is 0 Å². The van der Waals surface area contributed by atoms with E-state index in [0.717, 1.165) is 14.6 Å². The Morgan fingerprint density at radius 3 is 2.84 bits per heavy atom. The number of benzene rings is 1. The molecule has 0 atom stereocenters. The van der Waals surface area contributed by atoms with E-state index in [4.69, 9.17) is 0 Å². The largest absolute Gasteiger partial charge is 0.334 e. The summed E-state index contributed by atoms with van der Waals surface area (Å²) in [6.07, 6.45) is 0. The molecule has 0 fully saturated rings. The molecule has 6 heteroatoms. The molecule has 0 aliphatic heterocycles. The molecule has 19 heavy (non-hydrogen) atoms. The number of hydrogen-bond donors (Lipinski definition) is 1. The highest BCUT2D eigenvalue weighted by atomic mass is 79.9. The summed E-state index contributed by atoms with van der Waals surface area (Å²) >= 11 is 4.71. The van der Waals surface area contributed by atoms with Crippen LogP contribution < -0.4 is 11.2 Å². The molecule has 1 aromatic carbocycles. The highest BCUT2D eigenvalue weighted by Gasteiger charge is 2.12. The van der Waals surface area contributed by atoms with Gasteiger partial charge in [-0.05, 0) is 36.1 Å². The van der Waals surface area contributed by atoms with Crippen LogP contribution in [0.2, 0.25) is 0 Å². The molecule has 2 aromatic heterocycles. The molecule has 0 bridgehead atoms. The summed E-state index contributed by atoms with van der Waals surface area (Å²) in [5, 5.41) is 2.44. The minimum atomic E-state index is -0.419. The predicted molar refractivity (Wildman–Crippen MR) is 80.5 cm³/mol. The second-order valence-electron chi connectivity index (χ2n) is 4.17. The Labute approximate surface area is 120 Å². The molecule has 1 N–H and O–H groups in total. The van der Waals surface area contributed by atoms with Crippen molar-refractivity contribution in [3.05, 3.63) is 60.5 Å². The molecular formula is C13H9BrN2O2S. The van der Waals surface area contributed by atoms with Crippen molar-refractivity contribution in [1.29, 1.82) is 0 Å². The number of nitrogens with one attached hydrogen (secondary N) is 1. The topological polar surface area (TPSA) is 54.9 Å². The zero-order chi connectivity index (χ0) is 13.6. The molecular weight excluding hydrogens is 328 g/mol. The standard InChI is InChI=1S/C13H9BrN2O2S/c1-7-6-19-11-10(7)12(17)16(13(18)15-11)9-4-2-3-8(14)5-9/h2-6H,1H3,(H,15,18). The number of hydrogen-bond acceptors (Lipinski definition) is 3. The summed E-state index contributed by atoms with van der Waals surface area (Å²) in [4.78, 5) is 27.9. The number of H-pyrrole nitrogens is 1. The molecule has 0 spiro atoms. The van der Waals surface area contributed by atoms with Crippen LogP contribution in [0.25, 0.3) is 15.9 Å². The SMILES string of the molecule is Cc1csc2[nH]c(=O)n(-c3cccc(Br)c3)c(=O)c12. The lowest BCUT2D eigenvalue weighted by molar-refractivity contribution is 0.903. The first kappa shape index (κ1) is 12.4. The number of thiophene rings is 1. The van der Waals surface area contributed by atoms with Gasteiger partial charge in [-0.2, -0.15) is 0 Å². The summed E-state index contributed by atoms with van der Waals surface area (Å²) in [5.74, 6) is 0. The number of aromatic nitrogens is 2. The van der Waals surface area contributed by atoms with Gasteiger partial charge in [-0.25, -0.2) is 9.36 Å². The molecule has 3 rings (SSSR count). The maximum atomic E-state index is 12.5. The first-order chi connectivity index (χ1) is 9.08. The van der Waals surface area contributed by atoms with Crippen molar-refractivity contribution >= 4 is 37.5 Å². The lowest BCUT2D eigenvalue weighted by Gasteiger charge is -2.05. The highest BCUT2D eigenvalue weighted by Crippen LogP contribution is 2.19. The van der Waals surface area contributed by atoms with Crippen LogP contribution in [0.1, 0.15) is 5.56 Å². The van der Waals surface area contributed by atoms with E-state index in [9.17, 15) is 9.59 Å². The van der Waals surface area contributed by atoms with Gasteiger partial charge in [0.15, 0.2) is 0 Å². The minimum absolute atomic E-state index is 0.282. The van der Waals surface area contributed by atoms with E-state index < -0.39 is 5.69 Å². The summed E-state index contributed by atoms with van der Waals surface area (Å²) in [7, 11) is 0. The Kier molecular flexibility index (Phi) is 2.91. The van der Waals surface area contributed by atoms with Gasteiger partial charge in [-0.1, -0.05) is 22.0 Å². The van der Waals surface area contributed by atoms with E-state index in [1.807, 2.05) is 18.4 Å². The van der Waals surface area contributed by atoms with Crippen molar-refractivity contribution < 1.29 is 0 Å². The third-order valence-electron chi connectivity index (χ3n) is 2.88. The molecule has 0 amide bonds. The summed E-state index contributed by atoms with van der Waals surface area (Å²) in [5.41, 5.74) is 0.728. The van der Waals surface area contributed by atoms with Crippen LogP contribution >= 0.6 is 27.3 Å². The van der Waals surface area contributed by atoms with E-state index in [1.165, 1.54) is 11.3 Å². The molecule has 0 radical (unpaired) electrons. The normalized spacial score (nSPS) is 11.1. The molecule has 4 nitrogen and oxygen atoms in total. The number of fused-ring (bicyclic) bond motifs is 1. The maximum Gasteiger partial charge on any atom is 0.334 e. The lowest BCUT2D eigenvalue weighted by atomic mass is 10.2. The van der Waals surface area contributed by atoms with Crippen molar-refractivity contribution in [3.8, 4) is 5.69 Å². The van der Waals surface area contributed by atoms with Gasteiger partial charge in [-0.3, -0.25) is 9.78 Å². The molecule has 0 unspecified atom stereocenters. The highest BCUT2D eigenvalue weighted by molar-refractivity contribution is 9.10. The van der Waals surface area contributed by atoms with Crippen LogP contribution in [0.15, 0.2) is 43.7 Å². The Morgan fingerprint density at radius 1 is 1.32 bits per heavy atom. The number of halogens is 1. The Morgan fingerprint density at radius 2 is 2.11 bits per heavy atom. The van der Waals surface area contributed by atoms with Crippen LogP contribution in [0.5, 0.6) is 0 Å². The zero-order valence-electron chi connectivity index (χ0n) is 9.94. The van der Waals surface area contributed by atoms with Gasteiger partial charge in [0.05, 0.1) is 11.1 Å². The quantitative estimate of drug-likeness (QED) is 0.742.